The molecule has 3 amide bonds. The molecule has 2 aromatic heterocycles. The van der Waals surface area contributed by atoms with Crippen molar-refractivity contribution in [2.45, 2.75) is 32.6 Å². The van der Waals surface area contributed by atoms with Crippen molar-refractivity contribution in [1.29, 1.82) is 0 Å². The molecular weight excluding hydrogens is 406 g/mol. The number of anilines is 1. The lowest BCUT2D eigenvalue weighted by Gasteiger charge is -2.16. The predicted molar refractivity (Wildman–Crippen MR) is 105 cm³/mol. The number of aryl methyl sites for hydroxylation is 2. The highest BCUT2D eigenvalue weighted by atomic mass is 32.1. The van der Waals surface area contributed by atoms with Gasteiger partial charge in [0, 0.05) is 28.6 Å². The van der Waals surface area contributed by atoms with Gasteiger partial charge in [-0.2, -0.15) is 0 Å². The summed E-state index contributed by atoms with van der Waals surface area (Å²) in [6, 6.07) is 4.04. The molecule has 6 N–H and O–H groups in total. The van der Waals surface area contributed by atoms with Crippen molar-refractivity contribution in [1.82, 2.24) is 10.3 Å². The summed E-state index contributed by atoms with van der Waals surface area (Å²) in [6.07, 6.45) is -1.25. The molecule has 0 atom stereocenters. The number of nitrogens with one attached hydrogen (secondary N) is 2. The number of aromatic nitrogens is 1. The Morgan fingerprint density at radius 2 is 1.75 bits per heavy atom. The first-order valence-electron chi connectivity index (χ1n) is 8.27. The zero-order chi connectivity index (χ0) is 20.5. The molecule has 0 bridgehead atoms. The van der Waals surface area contributed by atoms with Crippen LogP contribution in [0.3, 0.4) is 0 Å². The quantitative estimate of drug-likeness (QED) is 0.419. The number of nitrogens with two attached hydrogens (primary N) is 2. The maximum Gasteiger partial charge on any atom is 0.408 e. The van der Waals surface area contributed by atoms with E-state index in [0.29, 0.717) is 18.1 Å². The molecular formula is C16H21N5O5S2. The summed E-state index contributed by atoms with van der Waals surface area (Å²) in [4.78, 5) is 39.3. The van der Waals surface area contributed by atoms with Gasteiger partial charge in [-0.1, -0.05) is 0 Å². The van der Waals surface area contributed by atoms with E-state index in [0.717, 1.165) is 23.4 Å². The van der Waals surface area contributed by atoms with Gasteiger partial charge in [-0.15, -0.1) is 22.7 Å². The van der Waals surface area contributed by atoms with Crippen molar-refractivity contribution >= 4 is 45.9 Å². The van der Waals surface area contributed by atoms with Crippen LogP contribution in [0.5, 0.6) is 0 Å². The maximum atomic E-state index is 11.0. The number of rotatable bonds is 10. The Morgan fingerprint density at radius 3 is 2.36 bits per heavy atom. The van der Waals surface area contributed by atoms with Gasteiger partial charge in [-0.3, -0.25) is 4.79 Å². The Labute approximate surface area is 169 Å². The van der Waals surface area contributed by atoms with Gasteiger partial charge in [0.1, 0.15) is 0 Å². The maximum absolute atomic E-state index is 11.0. The molecule has 12 heteroatoms. The fraction of sp³-hybridized carbons (Fsp3) is 0.375. The average Bonchev–Trinajstić information content (AvgIpc) is 3.20. The van der Waals surface area contributed by atoms with Crippen molar-refractivity contribution in [2.75, 3.05) is 11.9 Å². The third-order valence-corrected chi connectivity index (χ3v) is 5.32. The van der Waals surface area contributed by atoms with Gasteiger partial charge in [0.2, 0.25) is 5.91 Å². The Bertz CT molecular complexity index is 806. The summed E-state index contributed by atoms with van der Waals surface area (Å²) in [7, 11) is 0. The summed E-state index contributed by atoms with van der Waals surface area (Å²) in [6.45, 7) is 1.84. The molecule has 0 unspecified atom stereocenters. The molecule has 10 nitrogen and oxygen atoms in total. The van der Waals surface area contributed by atoms with Gasteiger partial charge >= 0.3 is 18.6 Å². The van der Waals surface area contributed by atoms with E-state index in [2.05, 4.69) is 25.1 Å². The van der Waals surface area contributed by atoms with Crippen LogP contribution in [0, 0.1) is 0 Å². The van der Waals surface area contributed by atoms with Crippen LogP contribution in [-0.2, 0) is 33.5 Å². The van der Waals surface area contributed by atoms with Crippen LogP contribution in [0.15, 0.2) is 17.5 Å². The summed E-state index contributed by atoms with van der Waals surface area (Å²) in [5.41, 5.74) is 10.7. The van der Waals surface area contributed by atoms with Gasteiger partial charge in [0.05, 0.1) is 5.69 Å². The Morgan fingerprint density at radius 1 is 1.11 bits per heavy atom. The summed E-state index contributed by atoms with van der Waals surface area (Å²) < 4.78 is 9.19. The molecule has 2 heterocycles. The minimum absolute atomic E-state index is 0.137. The second kappa shape index (κ2) is 10.6. The van der Waals surface area contributed by atoms with Crippen molar-refractivity contribution in [3.8, 4) is 0 Å². The smallest absolute Gasteiger partial charge is 0.395 e. The predicted octanol–water partition coefficient (Wildman–Crippen LogP) is 1.55. The molecule has 0 aliphatic rings. The van der Waals surface area contributed by atoms with Crippen molar-refractivity contribution < 1.29 is 23.9 Å². The molecule has 0 saturated heterocycles. The normalized spacial score (nSPS) is 10.6. The van der Waals surface area contributed by atoms with Crippen LogP contribution >= 0.6 is 22.7 Å². The van der Waals surface area contributed by atoms with Crippen molar-refractivity contribution in [3.63, 3.8) is 0 Å². The minimum Gasteiger partial charge on any atom is -0.395 e. The zero-order valence-electron chi connectivity index (χ0n) is 15.1. The second-order valence-electron chi connectivity index (χ2n) is 5.60. The van der Waals surface area contributed by atoms with Gasteiger partial charge in [-0.25, -0.2) is 19.9 Å². The Hall–Kier alpha value is -2.70. The first-order chi connectivity index (χ1) is 13.3. The molecule has 0 saturated carbocycles. The van der Waals surface area contributed by atoms with E-state index in [1.807, 2.05) is 17.5 Å². The lowest BCUT2D eigenvalue weighted by molar-refractivity contribution is -0.114. The van der Waals surface area contributed by atoms with E-state index in [-0.39, 0.29) is 5.91 Å². The van der Waals surface area contributed by atoms with E-state index in [1.165, 1.54) is 23.1 Å². The van der Waals surface area contributed by atoms with Gasteiger partial charge in [0.25, 0.3) is 0 Å². The van der Waals surface area contributed by atoms with E-state index >= 15 is 0 Å². The molecule has 0 fully saturated rings. The van der Waals surface area contributed by atoms with Crippen molar-refractivity contribution in [2.24, 2.45) is 11.5 Å². The van der Waals surface area contributed by atoms with E-state index in [1.54, 1.807) is 11.3 Å². The standard InChI is InChI=1S/C16H21N5O5S2/c1-9(22)20-15-21-10(8-27-15)2-3-11-4-5-12(28-11)6-7-19-16(25-13(17)23)26-14(18)24/h4-5,8,16,19H,2-3,6-7H2,1H3,(H2,17,23)(H2,18,24)(H,20,21,22). The number of amides is 3. The summed E-state index contributed by atoms with van der Waals surface area (Å²) in [5.74, 6) is -0.137. The number of nitrogens with zero attached hydrogens (tertiary/aromatic N) is 1. The van der Waals surface area contributed by atoms with Crippen LogP contribution in [0.25, 0.3) is 0 Å². The monoisotopic (exact) mass is 427 g/mol. The molecule has 0 spiro atoms. The molecule has 0 aliphatic heterocycles. The van der Waals surface area contributed by atoms with Crippen LogP contribution < -0.4 is 22.1 Å². The van der Waals surface area contributed by atoms with Crippen LogP contribution in [-0.4, -0.2) is 36.0 Å². The lowest BCUT2D eigenvalue weighted by Crippen LogP contribution is -2.41. The molecule has 2 rings (SSSR count). The van der Waals surface area contributed by atoms with Gasteiger partial charge < -0.3 is 26.3 Å². The molecule has 0 aromatic carbocycles. The molecule has 152 valence electrons. The van der Waals surface area contributed by atoms with Crippen molar-refractivity contribution in [3.05, 3.63) is 33.0 Å². The number of hydrogen-bond donors (Lipinski definition) is 4. The summed E-state index contributed by atoms with van der Waals surface area (Å²) >= 11 is 3.05. The number of carbonyl (C=O) groups excluding carboxylic acids is 3. The minimum atomic E-state index is -1.32. The van der Waals surface area contributed by atoms with Crippen LogP contribution in [0.1, 0.15) is 22.4 Å². The van der Waals surface area contributed by atoms with E-state index in [9.17, 15) is 14.4 Å². The number of hydrogen-bond acceptors (Lipinski definition) is 9. The van der Waals surface area contributed by atoms with Crippen LogP contribution in [0.2, 0.25) is 0 Å². The van der Waals surface area contributed by atoms with Crippen LogP contribution in [0.4, 0.5) is 14.7 Å². The largest absolute Gasteiger partial charge is 0.408 e. The highest BCUT2D eigenvalue weighted by Crippen LogP contribution is 2.21. The average molecular weight is 428 g/mol. The number of primary amides is 2. The molecule has 2 aromatic rings. The number of thiazole rings is 1. The van der Waals surface area contributed by atoms with Gasteiger partial charge in [0.15, 0.2) is 5.13 Å². The van der Waals surface area contributed by atoms with Gasteiger partial charge in [-0.05, 0) is 31.4 Å². The SMILES string of the molecule is CC(=O)Nc1nc(CCc2ccc(CCNC(OC(N)=O)OC(N)=O)s2)cs1. The highest BCUT2D eigenvalue weighted by molar-refractivity contribution is 7.14. The topological polar surface area (TPSA) is 159 Å². The first-order valence-corrected chi connectivity index (χ1v) is 9.96. The Balaban J connectivity index is 1.77. The molecule has 0 radical (unpaired) electrons. The summed E-state index contributed by atoms with van der Waals surface area (Å²) in [5, 5.41) is 7.94. The fourth-order valence-corrected chi connectivity index (χ4v) is 4.01. The molecule has 0 aliphatic carbocycles. The van der Waals surface area contributed by atoms with E-state index in [4.69, 9.17) is 11.5 Å². The lowest BCUT2D eigenvalue weighted by atomic mass is 10.2. The number of carbonyl (C=O) groups is 3. The highest BCUT2D eigenvalue weighted by Gasteiger charge is 2.15. The second-order valence-corrected chi connectivity index (χ2v) is 7.71. The number of thiophene rings is 1. The third kappa shape index (κ3) is 7.90. The first kappa shape index (κ1) is 21.6. The number of ether oxygens (including phenoxy) is 2. The van der Waals surface area contributed by atoms with E-state index < -0.39 is 18.6 Å². The zero-order valence-corrected chi connectivity index (χ0v) is 16.7. The third-order valence-electron chi connectivity index (χ3n) is 3.31. The Kier molecular flexibility index (Phi) is 8.17. The molecule has 28 heavy (non-hydrogen) atoms. The fourth-order valence-electron chi connectivity index (χ4n) is 2.20.